The Hall–Kier alpha value is -2.58. The van der Waals surface area contributed by atoms with Gasteiger partial charge in [-0.2, -0.15) is 5.10 Å². The monoisotopic (exact) mass is 418 g/mol. The molecule has 0 unspecified atom stereocenters. The molecule has 0 bridgehead atoms. The molecule has 28 heavy (non-hydrogen) atoms. The summed E-state index contributed by atoms with van der Waals surface area (Å²) in [5, 5.41) is 8.56. The van der Waals surface area contributed by atoms with Crippen LogP contribution in [0.25, 0.3) is 10.9 Å². The Morgan fingerprint density at radius 2 is 2.04 bits per heavy atom. The molecule has 0 aliphatic heterocycles. The molecule has 0 saturated heterocycles. The molecule has 7 nitrogen and oxygen atoms in total. The molecular formula is C19H19ClN4O3S. The lowest BCUT2D eigenvalue weighted by Crippen LogP contribution is -2.14. The normalized spacial score (nSPS) is 13.8. The van der Waals surface area contributed by atoms with Crippen LogP contribution < -0.4 is 10.0 Å². The molecule has 3 aromatic rings. The number of thiol groups is 1. The molecule has 4 rings (SSSR count). The predicted octanol–water partition coefficient (Wildman–Crippen LogP) is 3.22. The topological polar surface area (TPSA) is 93.1 Å². The molecule has 0 spiro atoms. The van der Waals surface area contributed by atoms with E-state index in [2.05, 4.69) is 15.1 Å². The van der Waals surface area contributed by atoms with Crippen LogP contribution >= 0.6 is 11.6 Å². The highest BCUT2D eigenvalue weighted by Crippen LogP contribution is 2.32. The first-order valence-corrected chi connectivity index (χ1v) is 10.5. The van der Waals surface area contributed by atoms with Gasteiger partial charge in [0.15, 0.2) is 0 Å². The van der Waals surface area contributed by atoms with E-state index >= 15 is 0 Å². The van der Waals surface area contributed by atoms with Crippen molar-refractivity contribution in [3.05, 3.63) is 53.2 Å². The van der Waals surface area contributed by atoms with Crippen LogP contribution in [0.1, 0.15) is 18.4 Å². The highest BCUT2D eigenvalue weighted by molar-refractivity contribution is 7.73. The van der Waals surface area contributed by atoms with Crippen molar-refractivity contribution in [3.63, 3.8) is 0 Å². The molecule has 1 amide bonds. The quantitative estimate of drug-likeness (QED) is 0.513. The van der Waals surface area contributed by atoms with Gasteiger partial charge in [-0.25, -0.2) is 8.42 Å². The number of fused-ring (bicyclic) bond motifs is 1. The van der Waals surface area contributed by atoms with Crippen molar-refractivity contribution in [3.8, 4) is 0 Å². The minimum absolute atomic E-state index is 0.117. The Balaban J connectivity index is 1.60. The third-order valence-electron chi connectivity index (χ3n) is 4.62. The summed E-state index contributed by atoms with van der Waals surface area (Å²) in [6.07, 6.45) is 4.34. The Bertz CT molecular complexity index is 1110. The second kappa shape index (κ2) is 7.81. The van der Waals surface area contributed by atoms with Crippen molar-refractivity contribution in [1.29, 1.82) is 0 Å². The fourth-order valence-electron chi connectivity index (χ4n) is 3.11. The zero-order valence-electron chi connectivity index (χ0n) is 14.9. The first-order chi connectivity index (χ1) is 13.5. The summed E-state index contributed by atoms with van der Waals surface area (Å²) in [7, 11) is -2.84. The number of halogens is 1. The molecular weight excluding hydrogens is 400 g/mol. The molecule has 9 heteroatoms. The molecule has 1 aliphatic rings. The molecule has 0 radical (unpaired) electrons. The smallest absolute Gasteiger partial charge is 0.228 e. The van der Waals surface area contributed by atoms with Gasteiger partial charge in [0, 0.05) is 28.8 Å². The molecule has 2 aromatic carbocycles. The van der Waals surface area contributed by atoms with Gasteiger partial charge in [-0.05, 0) is 42.5 Å². The van der Waals surface area contributed by atoms with E-state index in [-0.39, 0.29) is 12.3 Å². The Morgan fingerprint density at radius 3 is 2.75 bits per heavy atom. The van der Waals surface area contributed by atoms with Gasteiger partial charge in [0.05, 0.1) is 17.6 Å². The van der Waals surface area contributed by atoms with Crippen LogP contribution in [0, 0.1) is 5.92 Å². The van der Waals surface area contributed by atoms with Crippen LogP contribution in [-0.4, -0.2) is 24.1 Å². The van der Waals surface area contributed by atoms with Crippen LogP contribution in [0.4, 0.5) is 11.4 Å². The number of carbonyl (C=O) groups excluding carboxylic acids is 1. The number of aromatic nitrogens is 2. The molecule has 1 aromatic heterocycles. The van der Waals surface area contributed by atoms with E-state index < -0.39 is 10.9 Å². The zero-order chi connectivity index (χ0) is 19.7. The molecule has 146 valence electrons. The van der Waals surface area contributed by atoms with Crippen LogP contribution in [0.3, 0.4) is 0 Å². The number of hydrogen-bond acceptors (Lipinski definition) is 4. The van der Waals surface area contributed by atoms with E-state index in [4.69, 9.17) is 11.6 Å². The molecule has 2 N–H and O–H groups in total. The third-order valence-corrected chi connectivity index (χ3v) is 5.41. The maximum Gasteiger partial charge on any atom is 0.228 e. The van der Waals surface area contributed by atoms with E-state index in [1.54, 1.807) is 30.3 Å². The lowest BCUT2D eigenvalue weighted by Gasteiger charge is -2.09. The van der Waals surface area contributed by atoms with Gasteiger partial charge in [0.2, 0.25) is 16.8 Å². The molecule has 1 heterocycles. The third kappa shape index (κ3) is 4.45. The van der Waals surface area contributed by atoms with Crippen molar-refractivity contribution in [1.82, 2.24) is 9.78 Å². The summed E-state index contributed by atoms with van der Waals surface area (Å²) in [4.78, 5) is 12.4. The minimum atomic E-state index is -2.84. The molecule has 0 atom stereocenters. The molecule has 1 aliphatic carbocycles. The average molecular weight is 419 g/mol. The molecule has 1 saturated carbocycles. The average Bonchev–Trinajstić information content (AvgIpc) is 3.34. The van der Waals surface area contributed by atoms with Gasteiger partial charge in [-0.1, -0.05) is 29.8 Å². The maximum absolute atomic E-state index is 12.4. The van der Waals surface area contributed by atoms with Crippen molar-refractivity contribution >= 4 is 50.7 Å². The highest BCUT2D eigenvalue weighted by atomic mass is 35.5. The van der Waals surface area contributed by atoms with Crippen LogP contribution in [0.15, 0.2) is 42.6 Å². The SMILES string of the molecule is O=C(Cc1ccccc1Cl)Nc1cc(N[SH](=O)=O)c2cn(CC3CC3)nc2c1. The summed E-state index contributed by atoms with van der Waals surface area (Å²) in [5.41, 5.74) is 2.21. The summed E-state index contributed by atoms with van der Waals surface area (Å²) in [6.45, 7) is 0.811. The maximum atomic E-state index is 12.4. The minimum Gasteiger partial charge on any atom is -0.326 e. The van der Waals surface area contributed by atoms with Gasteiger partial charge >= 0.3 is 0 Å². The van der Waals surface area contributed by atoms with Gasteiger partial charge in [0.1, 0.15) is 0 Å². The number of nitrogens with zero attached hydrogens (tertiary/aromatic N) is 2. The van der Waals surface area contributed by atoms with Gasteiger partial charge < -0.3 is 5.32 Å². The standard InChI is InChI=1S/C19H19ClN4O3S/c20-16-4-2-1-3-13(16)7-19(25)21-14-8-17-15(18(9-14)23-28(26)27)11-24(22-17)10-12-5-6-12/h1-4,8-9,11-12,28H,5-7,10H2,(H,21,25)(H,23,26,27). The van der Waals surface area contributed by atoms with Crippen molar-refractivity contribution in [2.45, 2.75) is 25.8 Å². The number of carbonyl (C=O) groups is 1. The van der Waals surface area contributed by atoms with E-state index in [0.29, 0.717) is 33.2 Å². The summed E-state index contributed by atoms with van der Waals surface area (Å²) >= 11 is 6.11. The molecule has 1 fully saturated rings. The second-order valence-electron chi connectivity index (χ2n) is 6.94. The van der Waals surface area contributed by atoms with Gasteiger partial charge in [0.25, 0.3) is 0 Å². The van der Waals surface area contributed by atoms with E-state index in [1.165, 1.54) is 12.8 Å². The fourth-order valence-corrected chi connectivity index (χ4v) is 3.70. The second-order valence-corrected chi connectivity index (χ2v) is 8.08. The number of benzene rings is 2. The van der Waals surface area contributed by atoms with Crippen molar-refractivity contribution < 1.29 is 13.2 Å². The summed E-state index contributed by atoms with van der Waals surface area (Å²) < 4.78 is 26.7. The van der Waals surface area contributed by atoms with Gasteiger partial charge in [-0.15, -0.1) is 0 Å². The van der Waals surface area contributed by atoms with Crippen molar-refractivity contribution in [2.75, 3.05) is 10.0 Å². The van der Waals surface area contributed by atoms with Crippen LogP contribution in [0.5, 0.6) is 0 Å². The number of hydrogen-bond donors (Lipinski definition) is 3. The number of rotatable bonds is 7. The summed E-state index contributed by atoms with van der Waals surface area (Å²) in [6, 6.07) is 10.5. The fraction of sp³-hybridized carbons (Fsp3) is 0.263. The lowest BCUT2D eigenvalue weighted by molar-refractivity contribution is -0.115. The largest absolute Gasteiger partial charge is 0.326 e. The number of anilines is 2. The van der Waals surface area contributed by atoms with E-state index in [0.717, 1.165) is 12.1 Å². The Labute approximate surface area is 168 Å². The zero-order valence-corrected chi connectivity index (χ0v) is 16.5. The highest BCUT2D eigenvalue weighted by Gasteiger charge is 2.22. The number of amides is 1. The predicted molar refractivity (Wildman–Crippen MR) is 110 cm³/mol. The number of nitrogens with one attached hydrogen (secondary N) is 2. The Kier molecular flexibility index (Phi) is 5.23. The lowest BCUT2D eigenvalue weighted by atomic mass is 10.1. The van der Waals surface area contributed by atoms with Gasteiger partial charge in [-0.3, -0.25) is 14.2 Å². The van der Waals surface area contributed by atoms with E-state index in [1.807, 2.05) is 16.9 Å². The van der Waals surface area contributed by atoms with Crippen LogP contribution in [0.2, 0.25) is 5.02 Å². The van der Waals surface area contributed by atoms with Crippen LogP contribution in [-0.2, 0) is 28.7 Å². The summed E-state index contributed by atoms with van der Waals surface area (Å²) in [5.74, 6) is 0.388. The Morgan fingerprint density at radius 1 is 1.25 bits per heavy atom. The first kappa shape index (κ1) is 18.8. The van der Waals surface area contributed by atoms with Crippen molar-refractivity contribution in [2.24, 2.45) is 5.92 Å². The van der Waals surface area contributed by atoms with E-state index in [9.17, 15) is 13.2 Å². The first-order valence-electron chi connectivity index (χ1n) is 8.93.